The zero-order valence-electron chi connectivity index (χ0n) is 10.5. The molecule has 0 atom stereocenters. The number of halogens is 6. The summed E-state index contributed by atoms with van der Waals surface area (Å²) in [7, 11) is 0. The minimum Gasteiger partial charge on any atom is -0.451 e. The van der Waals surface area contributed by atoms with E-state index >= 15 is 0 Å². The van der Waals surface area contributed by atoms with Gasteiger partial charge in [0.1, 0.15) is 12.0 Å². The normalized spacial score (nSPS) is 11.4. The summed E-state index contributed by atoms with van der Waals surface area (Å²) in [5.74, 6) is -3.47. The molecular formula is C14H6ClF5O2. The topological polar surface area (TPSA) is 26.3 Å². The molecule has 2 nitrogen and oxygen atoms in total. The largest absolute Gasteiger partial charge is 0.451 e. The number of carbonyl (C=O) groups is 1. The molecular weight excluding hydrogens is 331 g/mol. The summed E-state index contributed by atoms with van der Waals surface area (Å²) in [6, 6.07) is 3.76. The highest BCUT2D eigenvalue weighted by molar-refractivity contribution is 6.31. The average Bonchev–Trinajstić information content (AvgIpc) is 2.41. The summed E-state index contributed by atoms with van der Waals surface area (Å²) in [6.45, 7) is 0. The molecule has 0 bridgehead atoms. The van der Waals surface area contributed by atoms with Crippen LogP contribution < -0.4 is 4.74 Å². The van der Waals surface area contributed by atoms with Crippen molar-refractivity contribution in [2.45, 2.75) is 6.18 Å². The molecule has 8 heteroatoms. The fraction of sp³-hybridized carbons (Fsp3) is 0.0714. The van der Waals surface area contributed by atoms with Crippen LogP contribution in [0.3, 0.4) is 0 Å². The van der Waals surface area contributed by atoms with Gasteiger partial charge in [-0.05, 0) is 24.3 Å². The molecule has 0 radical (unpaired) electrons. The zero-order chi connectivity index (χ0) is 16.5. The van der Waals surface area contributed by atoms with E-state index in [0.717, 1.165) is 24.3 Å². The minimum atomic E-state index is -4.66. The molecule has 2 aromatic carbocycles. The first-order chi connectivity index (χ1) is 10.2. The molecule has 0 fully saturated rings. The van der Waals surface area contributed by atoms with Gasteiger partial charge in [0.15, 0.2) is 17.4 Å². The lowest BCUT2D eigenvalue weighted by atomic mass is 10.2. The summed E-state index contributed by atoms with van der Waals surface area (Å²) in [6.07, 6.45) is -4.41. The zero-order valence-corrected chi connectivity index (χ0v) is 11.3. The van der Waals surface area contributed by atoms with Crippen molar-refractivity contribution < 1.29 is 31.5 Å². The standard InChI is InChI=1S/C14H6ClF5O2/c15-10-5-8(1-2-9(10)14(18,19)20)22-13-11(16)3-7(6-21)4-12(13)17/h1-6H. The quantitative estimate of drug-likeness (QED) is 0.566. The highest BCUT2D eigenvalue weighted by Crippen LogP contribution is 2.37. The van der Waals surface area contributed by atoms with Crippen molar-refractivity contribution in [3.05, 3.63) is 58.1 Å². The lowest BCUT2D eigenvalue weighted by Gasteiger charge is -2.12. The van der Waals surface area contributed by atoms with Gasteiger partial charge in [-0.25, -0.2) is 8.78 Å². The summed E-state index contributed by atoms with van der Waals surface area (Å²) < 4.78 is 69.7. The number of rotatable bonds is 3. The molecule has 2 rings (SSSR count). The van der Waals surface area contributed by atoms with Crippen molar-refractivity contribution >= 4 is 17.9 Å². The van der Waals surface area contributed by atoms with E-state index in [1.54, 1.807) is 0 Å². The van der Waals surface area contributed by atoms with Gasteiger partial charge >= 0.3 is 6.18 Å². The Balaban J connectivity index is 2.36. The molecule has 0 aliphatic carbocycles. The monoisotopic (exact) mass is 336 g/mol. The van der Waals surface area contributed by atoms with Crippen molar-refractivity contribution in [3.8, 4) is 11.5 Å². The fourth-order valence-electron chi connectivity index (χ4n) is 1.65. The Morgan fingerprint density at radius 2 is 1.64 bits per heavy atom. The number of ether oxygens (including phenoxy) is 1. The second-order valence-electron chi connectivity index (χ2n) is 4.17. The van der Waals surface area contributed by atoms with Crippen molar-refractivity contribution in [2.75, 3.05) is 0 Å². The van der Waals surface area contributed by atoms with E-state index in [1.165, 1.54) is 0 Å². The highest BCUT2D eigenvalue weighted by atomic mass is 35.5. The molecule has 116 valence electrons. The molecule has 0 aliphatic rings. The number of carbonyl (C=O) groups excluding carboxylic acids is 1. The van der Waals surface area contributed by atoms with Crippen LogP contribution in [0.4, 0.5) is 22.0 Å². The van der Waals surface area contributed by atoms with Gasteiger partial charge in [0.25, 0.3) is 0 Å². The molecule has 0 saturated carbocycles. The van der Waals surface area contributed by atoms with Crippen molar-refractivity contribution in [1.29, 1.82) is 0 Å². The van der Waals surface area contributed by atoms with Gasteiger partial charge in [0.05, 0.1) is 10.6 Å². The van der Waals surface area contributed by atoms with Crippen molar-refractivity contribution in [3.63, 3.8) is 0 Å². The lowest BCUT2D eigenvalue weighted by molar-refractivity contribution is -0.137. The first-order valence-corrected chi connectivity index (χ1v) is 6.09. The van der Waals surface area contributed by atoms with E-state index in [1.807, 2.05) is 0 Å². The summed E-state index contributed by atoms with van der Waals surface area (Å²) >= 11 is 5.47. The average molecular weight is 337 g/mol. The summed E-state index contributed by atoms with van der Waals surface area (Å²) in [5, 5.41) is -0.671. The SMILES string of the molecule is O=Cc1cc(F)c(Oc2ccc(C(F)(F)F)c(Cl)c2)c(F)c1. The van der Waals surface area contributed by atoms with Gasteiger partial charge in [-0.2, -0.15) is 13.2 Å². The molecule has 0 heterocycles. The Hall–Kier alpha value is -2.15. The van der Waals surface area contributed by atoms with Gasteiger partial charge in [0.2, 0.25) is 0 Å². The van der Waals surface area contributed by atoms with Crippen LogP contribution in [0.5, 0.6) is 11.5 Å². The smallest absolute Gasteiger partial charge is 0.417 e. The van der Waals surface area contributed by atoms with Gasteiger partial charge in [-0.15, -0.1) is 0 Å². The Kier molecular flexibility index (Phi) is 4.37. The Morgan fingerprint density at radius 1 is 1.05 bits per heavy atom. The van der Waals surface area contributed by atoms with E-state index in [9.17, 15) is 26.7 Å². The first kappa shape index (κ1) is 16.2. The summed E-state index contributed by atoms with van der Waals surface area (Å²) in [4.78, 5) is 10.5. The van der Waals surface area contributed by atoms with Crippen molar-refractivity contribution in [2.24, 2.45) is 0 Å². The molecule has 0 N–H and O–H groups in total. The Bertz CT molecular complexity index is 705. The van der Waals surface area contributed by atoms with Crippen LogP contribution in [0, 0.1) is 11.6 Å². The number of benzene rings is 2. The lowest BCUT2D eigenvalue weighted by Crippen LogP contribution is -2.05. The van der Waals surface area contributed by atoms with Gasteiger partial charge < -0.3 is 4.74 Å². The molecule has 0 amide bonds. The van der Waals surface area contributed by atoms with Gasteiger partial charge in [-0.3, -0.25) is 4.79 Å². The maximum atomic E-state index is 13.6. The van der Waals surface area contributed by atoms with E-state index in [0.29, 0.717) is 6.07 Å². The van der Waals surface area contributed by atoms with Crippen LogP contribution in [-0.4, -0.2) is 6.29 Å². The predicted octanol–water partition coefficient (Wildman–Crippen LogP) is 5.24. The Morgan fingerprint density at radius 3 is 2.09 bits per heavy atom. The molecule has 0 aliphatic heterocycles. The number of hydrogen-bond donors (Lipinski definition) is 0. The van der Waals surface area contributed by atoms with Crippen molar-refractivity contribution in [1.82, 2.24) is 0 Å². The Labute approximate surface area is 126 Å². The predicted molar refractivity (Wildman–Crippen MR) is 68.3 cm³/mol. The fourth-order valence-corrected chi connectivity index (χ4v) is 1.93. The molecule has 0 saturated heterocycles. The second-order valence-corrected chi connectivity index (χ2v) is 4.58. The number of hydrogen-bond acceptors (Lipinski definition) is 2. The van der Waals surface area contributed by atoms with E-state index in [4.69, 9.17) is 16.3 Å². The van der Waals surface area contributed by atoms with Crippen LogP contribution in [0.15, 0.2) is 30.3 Å². The summed E-state index contributed by atoms with van der Waals surface area (Å²) in [5.41, 5.74) is -1.34. The molecule has 0 aromatic heterocycles. The van der Waals surface area contributed by atoms with Crippen LogP contribution in [0.2, 0.25) is 5.02 Å². The second kappa shape index (κ2) is 5.92. The maximum absolute atomic E-state index is 13.6. The molecule has 0 unspecified atom stereocenters. The van der Waals surface area contributed by atoms with E-state index in [2.05, 4.69) is 0 Å². The molecule has 0 spiro atoms. The van der Waals surface area contributed by atoms with Gasteiger partial charge in [-0.1, -0.05) is 11.6 Å². The third kappa shape index (κ3) is 3.36. The van der Waals surface area contributed by atoms with Crippen LogP contribution in [0.1, 0.15) is 15.9 Å². The highest BCUT2D eigenvalue weighted by Gasteiger charge is 2.33. The number of aldehydes is 1. The molecule has 2 aromatic rings. The third-order valence-corrected chi connectivity index (χ3v) is 2.94. The minimum absolute atomic E-state index is 0.241. The third-order valence-electron chi connectivity index (χ3n) is 2.62. The van der Waals surface area contributed by atoms with Crippen LogP contribution >= 0.6 is 11.6 Å². The maximum Gasteiger partial charge on any atom is 0.417 e. The molecule has 22 heavy (non-hydrogen) atoms. The van der Waals surface area contributed by atoms with E-state index in [-0.39, 0.29) is 17.6 Å². The first-order valence-electron chi connectivity index (χ1n) is 5.71. The number of alkyl halides is 3. The van der Waals surface area contributed by atoms with Crippen LogP contribution in [0.25, 0.3) is 0 Å². The van der Waals surface area contributed by atoms with E-state index < -0.39 is 34.1 Å². The van der Waals surface area contributed by atoms with Crippen LogP contribution in [-0.2, 0) is 6.18 Å². The van der Waals surface area contributed by atoms with Gasteiger partial charge in [0, 0.05) is 11.6 Å².